The number of carbonyl (C=O) groups excluding carboxylic acids is 1. The molecule has 1 N–H and O–H groups in total. The van der Waals surface area contributed by atoms with Gasteiger partial charge in [0.1, 0.15) is 5.60 Å². The number of nitrogens with one attached hydrogen (secondary N) is 1. The Labute approximate surface area is 119 Å². The zero-order valence-corrected chi connectivity index (χ0v) is 13.0. The number of ether oxygens (including phenoxy) is 1. The van der Waals surface area contributed by atoms with E-state index in [1.807, 2.05) is 20.8 Å². The Morgan fingerprint density at radius 3 is 2.79 bits per heavy atom. The van der Waals surface area contributed by atoms with Crippen LogP contribution in [0.4, 0.5) is 4.79 Å². The monoisotopic (exact) mass is 284 g/mol. The quantitative estimate of drug-likeness (QED) is 0.816. The summed E-state index contributed by atoms with van der Waals surface area (Å²) in [6, 6.07) is 4.17. The molecule has 5 heteroatoms. The highest BCUT2D eigenvalue weighted by Crippen LogP contribution is 2.09. The van der Waals surface area contributed by atoms with Gasteiger partial charge >= 0.3 is 6.09 Å². The summed E-state index contributed by atoms with van der Waals surface area (Å²) >= 11 is 1.75. The van der Waals surface area contributed by atoms with Gasteiger partial charge in [-0.1, -0.05) is 6.07 Å². The lowest BCUT2D eigenvalue weighted by molar-refractivity contribution is 0.0297. The third-order valence-electron chi connectivity index (χ3n) is 2.43. The molecule has 1 amide bonds. The van der Waals surface area contributed by atoms with E-state index in [2.05, 4.69) is 22.8 Å². The minimum Gasteiger partial charge on any atom is -0.444 e. The number of carbonyl (C=O) groups is 1. The van der Waals surface area contributed by atoms with E-state index in [-0.39, 0.29) is 6.09 Å². The summed E-state index contributed by atoms with van der Waals surface area (Å²) in [5.74, 6) is 0. The van der Waals surface area contributed by atoms with Crippen LogP contribution in [0.15, 0.2) is 17.5 Å². The Bertz CT molecular complexity index is 371. The molecular formula is C14H24N2O2S. The number of thiophene rings is 1. The zero-order chi connectivity index (χ0) is 14.3. The molecule has 1 heterocycles. The summed E-state index contributed by atoms with van der Waals surface area (Å²) in [7, 11) is 1.77. The van der Waals surface area contributed by atoms with Crippen molar-refractivity contribution in [1.82, 2.24) is 10.2 Å². The summed E-state index contributed by atoms with van der Waals surface area (Å²) in [5, 5.41) is 5.44. The largest absolute Gasteiger partial charge is 0.444 e. The van der Waals surface area contributed by atoms with Gasteiger partial charge in [0.25, 0.3) is 0 Å². The fourth-order valence-corrected chi connectivity index (χ4v) is 2.17. The molecular weight excluding hydrogens is 260 g/mol. The Balaban J connectivity index is 2.10. The highest BCUT2D eigenvalue weighted by atomic mass is 32.1. The lowest BCUT2D eigenvalue weighted by Gasteiger charge is -2.24. The van der Waals surface area contributed by atoms with Gasteiger partial charge < -0.3 is 15.0 Å². The van der Waals surface area contributed by atoms with Crippen molar-refractivity contribution in [2.45, 2.75) is 39.3 Å². The van der Waals surface area contributed by atoms with Crippen LogP contribution in [0.3, 0.4) is 0 Å². The number of nitrogens with zero attached hydrogens (tertiary/aromatic N) is 1. The predicted octanol–water partition coefficient (Wildman–Crippen LogP) is 3.09. The number of amides is 1. The van der Waals surface area contributed by atoms with Crippen LogP contribution in [0.2, 0.25) is 0 Å². The first kappa shape index (κ1) is 16.0. The first-order valence-corrected chi connectivity index (χ1v) is 7.43. The van der Waals surface area contributed by atoms with Crippen molar-refractivity contribution < 1.29 is 9.53 Å². The highest BCUT2D eigenvalue weighted by Gasteiger charge is 2.18. The molecule has 19 heavy (non-hydrogen) atoms. The van der Waals surface area contributed by atoms with Crippen LogP contribution in [0, 0.1) is 0 Å². The number of hydrogen-bond acceptors (Lipinski definition) is 4. The third-order valence-corrected chi connectivity index (χ3v) is 3.31. The molecule has 0 unspecified atom stereocenters. The molecule has 4 nitrogen and oxygen atoms in total. The van der Waals surface area contributed by atoms with Crippen molar-refractivity contribution >= 4 is 17.4 Å². The normalized spacial score (nSPS) is 11.4. The molecule has 108 valence electrons. The summed E-state index contributed by atoms with van der Waals surface area (Å²) in [6.07, 6.45) is 0.659. The van der Waals surface area contributed by atoms with Crippen LogP contribution in [-0.2, 0) is 11.3 Å². The van der Waals surface area contributed by atoms with Crippen molar-refractivity contribution in [1.29, 1.82) is 0 Å². The molecule has 0 aliphatic carbocycles. The van der Waals surface area contributed by atoms with Gasteiger partial charge in [-0.15, -0.1) is 11.3 Å². The van der Waals surface area contributed by atoms with Crippen molar-refractivity contribution in [2.24, 2.45) is 0 Å². The topological polar surface area (TPSA) is 41.6 Å². The van der Waals surface area contributed by atoms with E-state index in [4.69, 9.17) is 4.74 Å². The first-order valence-electron chi connectivity index (χ1n) is 6.56. The van der Waals surface area contributed by atoms with E-state index < -0.39 is 5.60 Å². The minimum absolute atomic E-state index is 0.259. The van der Waals surface area contributed by atoms with Gasteiger partial charge in [0.05, 0.1) is 0 Å². The molecule has 0 aliphatic rings. The number of hydrogen-bond donors (Lipinski definition) is 1. The smallest absolute Gasteiger partial charge is 0.410 e. The molecule has 0 bridgehead atoms. The van der Waals surface area contributed by atoms with Crippen molar-refractivity contribution in [3.8, 4) is 0 Å². The van der Waals surface area contributed by atoms with Crippen LogP contribution in [0.25, 0.3) is 0 Å². The summed E-state index contributed by atoms with van der Waals surface area (Å²) in [5.41, 5.74) is -0.428. The molecule has 0 radical (unpaired) electrons. The lowest BCUT2D eigenvalue weighted by Crippen LogP contribution is -2.35. The van der Waals surface area contributed by atoms with Gasteiger partial charge in [-0.05, 0) is 45.2 Å². The lowest BCUT2D eigenvalue weighted by atomic mass is 10.2. The van der Waals surface area contributed by atoms with Gasteiger partial charge in [-0.3, -0.25) is 0 Å². The molecule has 1 aromatic rings. The average Bonchev–Trinajstić information content (AvgIpc) is 2.79. The fraction of sp³-hybridized carbons (Fsp3) is 0.643. The molecule has 0 aromatic carbocycles. The van der Waals surface area contributed by atoms with Gasteiger partial charge in [0, 0.05) is 25.0 Å². The molecule has 0 atom stereocenters. The van der Waals surface area contributed by atoms with Gasteiger partial charge in [-0.25, -0.2) is 4.79 Å². The predicted molar refractivity (Wildman–Crippen MR) is 79.5 cm³/mol. The third kappa shape index (κ3) is 7.18. The summed E-state index contributed by atoms with van der Waals surface area (Å²) in [4.78, 5) is 14.7. The van der Waals surface area contributed by atoms with E-state index in [9.17, 15) is 4.79 Å². The molecule has 0 saturated carbocycles. The van der Waals surface area contributed by atoms with E-state index >= 15 is 0 Å². The zero-order valence-electron chi connectivity index (χ0n) is 12.2. The van der Waals surface area contributed by atoms with E-state index in [1.165, 1.54) is 4.88 Å². The molecule has 0 fully saturated rings. The molecule has 0 spiro atoms. The Kier molecular flexibility index (Phi) is 6.31. The molecule has 0 aliphatic heterocycles. The van der Waals surface area contributed by atoms with Crippen molar-refractivity contribution in [3.63, 3.8) is 0 Å². The van der Waals surface area contributed by atoms with E-state index in [0.717, 1.165) is 19.5 Å². The van der Waals surface area contributed by atoms with E-state index in [1.54, 1.807) is 23.3 Å². The van der Waals surface area contributed by atoms with Crippen molar-refractivity contribution in [3.05, 3.63) is 22.4 Å². The van der Waals surface area contributed by atoms with Gasteiger partial charge in [-0.2, -0.15) is 0 Å². The van der Waals surface area contributed by atoms with Crippen LogP contribution < -0.4 is 5.32 Å². The van der Waals surface area contributed by atoms with Crippen LogP contribution in [0.1, 0.15) is 32.1 Å². The van der Waals surface area contributed by atoms with Crippen LogP contribution >= 0.6 is 11.3 Å². The maximum absolute atomic E-state index is 11.7. The highest BCUT2D eigenvalue weighted by molar-refractivity contribution is 7.09. The van der Waals surface area contributed by atoms with Crippen LogP contribution in [0.5, 0.6) is 0 Å². The first-order chi connectivity index (χ1) is 8.88. The Hall–Kier alpha value is -1.07. The second kappa shape index (κ2) is 7.50. The van der Waals surface area contributed by atoms with Gasteiger partial charge in [0.2, 0.25) is 0 Å². The maximum Gasteiger partial charge on any atom is 0.410 e. The van der Waals surface area contributed by atoms with Crippen molar-refractivity contribution in [2.75, 3.05) is 20.1 Å². The molecule has 1 aromatic heterocycles. The average molecular weight is 284 g/mol. The molecule has 1 rings (SSSR count). The number of rotatable bonds is 6. The Morgan fingerprint density at radius 1 is 1.47 bits per heavy atom. The second-order valence-corrected chi connectivity index (χ2v) is 6.54. The van der Waals surface area contributed by atoms with Crippen LogP contribution in [-0.4, -0.2) is 36.7 Å². The molecule has 0 saturated heterocycles. The second-order valence-electron chi connectivity index (χ2n) is 5.51. The Morgan fingerprint density at radius 2 is 2.21 bits per heavy atom. The van der Waals surface area contributed by atoms with Gasteiger partial charge in [0.15, 0.2) is 0 Å². The minimum atomic E-state index is -0.428. The SMILES string of the molecule is CN(CCCNCc1cccs1)C(=O)OC(C)(C)C. The standard InChI is InChI=1S/C14H24N2O2S/c1-14(2,3)18-13(17)16(4)9-6-8-15-11-12-7-5-10-19-12/h5,7,10,15H,6,8-9,11H2,1-4H3. The summed E-state index contributed by atoms with van der Waals surface area (Å²) < 4.78 is 5.28. The maximum atomic E-state index is 11.7. The van der Waals surface area contributed by atoms with E-state index in [0.29, 0.717) is 6.54 Å². The fourth-order valence-electron chi connectivity index (χ4n) is 1.50. The summed E-state index contributed by atoms with van der Waals surface area (Å²) in [6.45, 7) is 8.12.